The maximum Gasteiger partial charge on any atom is 0.337 e. The highest BCUT2D eigenvalue weighted by atomic mass is 127. The lowest BCUT2D eigenvalue weighted by Gasteiger charge is -2.32. The van der Waals surface area contributed by atoms with Gasteiger partial charge in [-0.1, -0.05) is 45.5 Å². The third kappa shape index (κ3) is 9.78. The molecule has 6 nitrogen and oxygen atoms in total. The van der Waals surface area contributed by atoms with Gasteiger partial charge in [-0.15, -0.1) is 29.9 Å². The number of benzene rings is 4. The molecule has 4 aromatic rings. The average molecular weight is 803 g/mol. The number of aromatic carboxylic acids is 2. The normalized spacial score (nSPS) is 14.8. The molecule has 0 spiro atoms. The van der Waals surface area contributed by atoms with Crippen molar-refractivity contribution in [1.82, 2.24) is 0 Å². The van der Waals surface area contributed by atoms with Gasteiger partial charge in [0.05, 0.1) is 11.1 Å². The molecule has 0 amide bonds. The van der Waals surface area contributed by atoms with Crippen LogP contribution in [0.15, 0.2) is 82.6 Å². The van der Waals surface area contributed by atoms with Gasteiger partial charge in [-0.3, -0.25) is 0 Å². The Labute approximate surface area is 311 Å². The van der Waals surface area contributed by atoms with Crippen LogP contribution in [0.4, 0.5) is 11.4 Å². The summed E-state index contributed by atoms with van der Waals surface area (Å²) in [7, 11) is 0. The fourth-order valence-electron chi connectivity index (χ4n) is 5.35. The van der Waals surface area contributed by atoms with E-state index in [0.717, 1.165) is 26.9 Å². The molecule has 6 N–H and O–H groups in total. The summed E-state index contributed by atoms with van der Waals surface area (Å²) in [6.07, 6.45) is 7.81. The van der Waals surface area contributed by atoms with E-state index in [0.29, 0.717) is 11.3 Å². The van der Waals surface area contributed by atoms with Gasteiger partial charge in [0.25, 0.3) is 0 Å². The zero-order chi connectivity index (χ0) is 35.9. The molecule has 0 bridgehead atoms. The Morgan fingerprint density at radius 1 is 0.694 bits per heavy atom. The molecule has 252 valence electrons. The van der Waals surface area contributed by atoms with Crippen molar-refractivity contribution in [2.75, 3.05) is 23.0 Å². The van der Waals surface area contributed by atoms with E-state index in [9.17, 15) is 9.59 Å². The number of hydrogen-bond acceptors (Lipinski definition) is 6. The van der Waals surface area contributed by atoms with Crippen molar-refractivity contribution in [2.24, 2.45) is 0 Å². The summed E-state index contributed by atoms with van der Waals surface area (Å²) < 4.78 is 0.935. The van der Waals surface area contributed by atoms with Crippen molar-refractivity contribution in [3.8, 4) is 24.2 Å². The number of terminal acetylenes is 1. The van der Waals surface area contributed by atoms with Crippen LogP contribution in [-0.4, -0.2) is 33.7 Å². The highest BCUT2D eigenvalue weighted by Gasteiger charge is 2.28. The van der Waals surface area contributed by atoms with Crippen LogP contribution >= 0.6 is 46.1 Å². The topological polar surface area (TPSA) is 127 Å². The molecule has 0 saturated carbocycles. The second-order valence-electron chi connectivity index (χ2n) is 12.9. The monoisotopic (exact) mass is 802 g/mol. The summed E-state index contributed by atoms with van der Waals surface area (Å²) in [5.74, 6) is 9.30. The quantitative estimate of drug-likeness (QED) is 0.0899. The smallest absolute Gasteiger partial charge is 0.337 e. The molecule has 0 unspecified atom stereocenters. The third-order valence-corrected chi connectivity index (χ3v) is 11.3. The van der Waals surface area contributed by atoms with Crippen molar-refractivity contribution < 1.29 is 19.8 Å². The number of halogens is 1. The van der Waals surface area contributed by atoms with E-state index in [1.165, 1.54) is 45.2 Å². The summed E-state index contributed by atoms with van der Waals surface area (Å²) in [6, 6.07) is 22.3. The van der Waals surface area contributed by atoms with Gasteiger partial charge < -0.3 is 21.7 Å². The molecule has 2 aliphatic rings. The first-order valence-corrected chi connectivity index (χ1v) is 18.6. The molecule has 2 aliphatic heterocycles. The van der Waals surface area contributed by atoms with E-state index in [-0.39, 0.29) is 27.6 Å². The number of hydrogen-bond donors (Lipinski definition) is 4. The fourth-order valence-corrected chi connectivity index (χ4v) is 8.84. The van der Waals surface area contributed by atoms with Crippen molar-refractivity contribution in [2.45, 2.75) is 61.2 Å². The zero-order valence-corrected chi connectivity index (χ0v) is 31.7. The first kappa shape index (κ1) is 37.8. The first-order valence-electron chi connectivity index (χ1n) is 15.6. The summed E-state index contributed by atoms with van der Waals surface area (Å²) in [4.78, 5) is 24.2. The van der Waals surface area contributed by atoms with E-state index >= 15 is 0 Å². The highest BCUT2D eigenvalue weighted by molar-refractivity contribution is 14.1. The maximum atomic E-state index is 11.0. The molecule has 6 rings (SSSR count). The fraction of sp³-hybridized carbons (Fsp3) is 0.250. The van der Waals surface area contributed by atoms with Crippen LogP contribution in [0.25, 0.3) is 0 Å². The van der Waals surface area contributed by atoms with Crippen molar-refractivity contribution >= 4 is 69.4 Å². The molecule has 0 atom stereocenters. The molecular weight excluding hydrogens is 763 g/mol. The average Bonchev–Trinajstić information content (AvgIpc) is 3.04. The number of fused-ring (bicyclic) bond motifs is 2. The number of anilines is 2. The van der Waals surface area contributed by atoms with Gasteiger partial charge in [0.2, 0.25) is 0 Å². The second-order valence-corrected chi connectivity index (χ2v) is 16.4. The molecule has 0 aliphatic carbocycles. The lowest BCUT2D eigenvalue weighted by atomic mass is 9.81. The Balaban J connectivity index is 0.000000183. The van der Waals surface area contributed by atoms with E-state index in [1.807, 2.05) is 35.7 Å². The summed E-state index contributed by atoms with van der Waals surface area (Å²) >= 11 is 5.91. The molecule has 2 heterocycles. The van der Waals surface area contributed by atoms with E-state index in [4.69, 9.17) is 28.1 Å². The molecule has 0 fully saturated rings. The SMILES string of the molecule is C#Cc1ccc2c(c1)C(C)(C)CCS2.CC1(C)CCSc2ccc(C#Cc3ccc(C(=O)O)c(N)c3)cc21.Nc1cc(I)ccc1C(=O)O. The van der Waals surface area contributed by atoms with E-state index in [2.05, 4.69) is 92.3 Å². The Morgan fingerprint density at radius 2 is 1.12 bits per heavy atom. The molecule has 0 aromatic heterocycles. The lowest BCUT2D eigenvalue weighted by Crippen LogP contribution is -2.22. The van der Waals surface area contributed by atoms with Crippen LogP contribution in [0.1, 0.15) is 89.1 Å². The van der Waals surface area contributed by atoms with Crippen LogP contribution in [0, 0.1) is 27.8 Å². The number of carbonyl (C=O) groups is 2. The van der Waals surface area contributed by atoms with E-state index < -0.39 is 11.9 Å². The van der Waals surface area contributed by atoms with Crippen LogP contribution in [0.3, 0.4) is 0 Å². The predicted octanol–water partition coefficient (Wildman–Crippen LogP) is 9.15. The van der Waals surface area contributed by atoms with Gasteiger partial charge in [0.15, 0.2) is 0 Å². The van der Waals surface area contributed by atoms with Crippen LogP contribution in [-0.2, 0) is 10.8 Å². The minimum absolute atomic E-state index is 0.105. The number of rotatable bonds is 2. The van der Waals surface area contributed by atoms with Gasteiger partial charge >= 0.3 is 11.9 Å². The molecule has 4 aromatic carbocycles. The Morgan fingerprint density at radius 3 is 1.59 bits per heavy atom. The van der Waals surface area contributed by atoms with Gasteiger partial charge in [-0.2, -0.15) is 0 Å². The Bertz CT molecular complexity index is 2000. The van der Waals surface area contributed by atoms with Crippen molar-refractivity contribution in [3.05, 3.63) is 115 Å². The van der Waals surface area contributed by atoms with Crippen LogP contribution in [0.5, 0.6) is 0 Å². The first-order chi connectivity index (χ1) is 23.1. The Kier molecular flexibility index (Phi) is 12.4. The van der Waals surface area contributed by atoms with Crippen LogP contribution < -0.4 is 11.5 Å². The van der Waals surface area contributed by atoms with Gasteiger partial charge in [0, 0.05) is 41.4 Å². The van der Waals surface area contributed by atoms with Gasteiger partial charge in [0.1, 0.15) is 0 Å². The van der Waals surface area contributed by atoms with Crippen molar-refractivity contribution in [1.29, 1.82) is 0 Å². The standard InChI is InChI=1S/C20H19NO2S.C13H14S.C7H6INO2/c1-20(2)9-10-24-18-8-6-13(11-16(18)20)3-4-14-5-7-15(19(22)23)17(21)12-14;1-4-10-5-6-12-11(9-10)13(2,3)7-8-14-12;8-4-1-2-5(7(10)11)6(9)3-4/h5-8,11-12H,9-10,21H2,1-2H3,(H,22,23);1,5-6,9H,7-8H2,2-3H3;1-3H,9H2,(H,10,11). The number of thioether (sulfide) groups is 2. The van der Waals surface area contributed by atoms with Gasteiger partial charge in [-0.05, 0) is 142 Å². The molecule has 0 radical (unpaired) electrons. The molecule has 0 saturated heterocycles. The molecule has 9 heteroatoms. The predicted molar refractivity (Wildman–Crippen MR) is 212 cm³/mol. The largest absolute Gasteiger partial charge is 0.478 e. The number of carboxylic acid groups (broad SMARTS) is 2. The summed E-state index contributed by atoms with van der Waals surface area (Å²) in [5, 5.41) is 17.6. The number of carboxylic acids is 2. The zero-order valence-electron chi connectivity index (χ0n) is 27.9. The minimum Gasteiger partial charge on any atom is -0.478 e. The van der Waals surface area contributed by atoms with E-state index in [1.54, 1.807) is 24.3 Å². The van der Waals surface area contributed by atoms with Crippen molar-refractivity contribution in [3.63, 3.8) is 0 Å². The van der Waals surface area contributed by atoms with Gasteiger partial charge in [-0.25, -0.2) is 9.59 Å². The number of nitrogen functional groups attached to an aromatic ring is 2. The molecule has 49 heavy (non-hydrogen) atoms. The molecular formula is C40H39IN2O4S2. The summed E-state index contributed by atoms with van der Waals surface area (Å²) in [5.41, 5.74) is 17.9. The summed E-state index contributed by atoms with van der Waals surface area (Å²) in [6.45, 7) is 9.14. The number of nitrogens with two attached hydrogens (primary N) is 2. The second kappa shape index (κ2) is 16.1. The maximum absolute atomic E-state index is 11.0. The van der Waals surface area contributed by atoms with Crippen LogP contribution in [0.2, 0.25) is 0 Å². The highest BCUT2D eigenvalue weighted by Crippen LogP contribution is 2.42. The third-order valence-electron chi connectivity index (χ3n) is 8.43. The minimum atomic E-state index is -1.03. The Hall–Kier alpha value is -4.03. The lowest BCUT2D eigenvalue weighted by molar-refractivity contribution is 0.0687.